The van der Waals surface area contributed by atoms with E-state index < -0.39 is 5.60 Å². The molecule has 0 saturated heterocycles. The molecule has 180 valence electrons. The van der Waals surface area contributed by atoms with Crippen molar-refractivity contribution in [1.82, 2.24) is 14.5 Å². The van der Waals surface area contributed by atoms with Crippen molar-refractivity contribution in [1.29, 1.82) is 0 Å². The number of aryl methyl sites for hydroxylation is 2. The largest absolute Gasteiger partial charge is 0.494 e. The SMILES string of the molecule is COc1cccc2c1nc(CCCN(C)CCC1(O)C[C@@H]3CCC1C=C3c1ccccc1)n2C. The summed E-state index contributed by atoms with van der Waals surface area (Å²) in [5.41, 5.74) is 4.27. The smallest absolute Gasteiger partial charge is 0.146 e. The van der Waals surface area contributed by atoms with Gasteiger partial charge in [-0.15, -0.1) is 0 Å². The average molecular weight is 460 g/mol. The third kappa shape index (κ3) is 4.39. The molecule has 34 heavy (non-hydrogen) atoms. The van der Waals surface area contributed by atoms with E-state index >= 15 is 0 Å². The van der Waals surface area contributed by atoms with Crippen LogP contribution in [0.5, 0.6) is 5.75 Å². The Morgan fingerprint density at radius 1 is 1.12 bits per heavy atom. The van der Waals surface area contributed by atoms with Crippen LogP contribution in [0.4, 0.5) is 0 Å². The van der Waals surface area contributed by atoms with Gasteiger partial charge in [0.2, 0.25) is 0 Å². The second-order valence-electron chi connectivity index (χ2n) is 10.2. The molecule has 3 aliphatic carbocycles. The fourth-order valence-electron chi connectivity index (χ4n) is 6.06. The van der Waals surface area contributed by atoms with Gasteiger partial charge >= 0.3 is 0 Å². The minimum Gasteiger partial charge on any atom is -0.494 e. The monoisotopic (exact) mass is 459 g/mol. The zero-order valence-corrected chi connectivity index (χ0v) is 20.7. The molecule has 0 aliphatic heterocycles. The van der Waals surface area contributed by atoms with E-state index in [1.807, 2.05) is 12.1 Å². The first kappa shape index (κ1) is 23.1. The fraction of sp³-hybridized carbons (Fsp3) is 0.483. The topological polar surface area (TPSA) is 50.5 Å². The van der Waals surface area contributed by atoms with Crippen LogP contribution in [0.25, 0.3) is 16.6 Å². The molecule has 1 fully saturated rings. The molecular formula is C29H37N3O2. The molecule has 1 heterocycles. The van der Waals surface area contributed by atoms with Crippen LogP contribution in [-0.2, 0) is 13.5 Å². The lowest BCUT2D eigenvalue weighted by atomic mass is 9.61. The average Bonchev–Trinajstić information content (AvgIpc) is 3.19. The molecule has 2 bridgehead atoms. The van der Waals surface area contributed by atoms with E-state index in [9.17, 15) is 5.11 Å². The molecule has 0 amide bonds. The number of ether oxygens (including phenoxy) is 1. The number of rotatable bonds is 9. The van der Waals surface area contributed by atoms with Crippen LogP contribution in [0.3, 0.4) is 0 Å². The minimum absolute atomic E-state index is 0.274. The van der Waals surface area contributed by atoms with Crippen LogP contribution in [0.2, 0.25) is 0 Å². The molecule has 3 aromatic rings. The van der Waals surface area contributed by atoms with Gasteiger partial charge in [-0.1, -0.05) is 42.5 Å². The number of aromatic nitrogens is 2. The van der Waals surface area contributed by atoms with Crippen molar-refractivity contribution in [2.75, 3.05) is 27.2 Å². The number of benzene rings is 2. The van der Waals surface area contributed by atoms with Gasteiger partial charge in [-0.05, 0) is 74.9 Å². The lowest BCUT2D eigenvalue weighted by molar-refractivity contribution is -0.0574. The molecule has 1 N–H and O–H groups in total. The Morgan fingerprint density at radius 2 is 1.94 bits per heavy atom. The van der Waals surface area contributed by atoms with E-state index in [2.05, 4.69) is 66.0 Å². The number of nitrogens with zero attached hydrogens (tertiary/aromatic N) is 3. The van der Waals surface area contributed by atoms with E-state index in [-0.39, 0.29) is 5.92 Å². The quantitative estimate of drug-likeness (QED) is 0.485. The van der Waals surface area contributed by atoms with Crippen LogP contribution in [0.15, 0.2) is 54.6 Å². The van der Waals surface area contributed by atoms with Gasteiger partial charge in [0.15, 0.2) is 0 Å². The number of para-hydroxylation sites is 1. The van der Waals surface area contributed by atoms with Gasteiger partial charge in [-0.2, -0.15) is 0 Å². The number of imidazole rings is 1. The Bertz CT molecular complexity index is 1170. The van der Waals surface area contributed by atoms with Gasteiger partial charge in [0.05, 0.1) is 18.2 Å². The lowest BCUT2D eigenvalue weighted by Crippen LogP contribution is -2.48. The van der Waals surface area contributed by atoms with E-state index in [0.717, 1.165) is 67.8 Å². The molecule has 6 rings (SSSR count). The fourth-order valence-corrected chi connectivity index (χ4v) is 6.06. The van der Waals surface area contributed by atoms with Gasteiger partial charge < -0.3 is 19.3 Å². The zero-order valence-electron chi connectivity index (χ0n) is 20.7. The van der Waals surface area contributed by atoms with Gasteiger partial charge in [0.25, 0.3) is 0 Å². The summed E-state index contributed by atoms with van der Waals surface area (Å²) in [5, 5.41) is 11.5. The van der Waals surface area contributed by atoms with E-state index in [0.29, 0.717) is 5.92 Å². The van der Waals surface area contributed by atoms with Crippen molar-refractivity contribution in [2.45, 2.75) is 44.1 Å². The van der Waals surface area contributed by atoms with Gasteiger partial charge in [-0.3, -0.25) is 0 Å². The molecule has 2 unspecified atom stereocenters. The first-order valence-electron chi connectivity index (χ1n) is 12.6. The summed E-state index contributed by atoms with van der Waals surface area (Å²) in [4.78, 5) is 7.21. The van der Waals surface area contributed by atoms with Crippen LogP contribution in [0, 0.1) is 11.8 Å². The number of methoxy groups -OCH3 is 1. The van der Waals surface area contributed by atoms with Crippen molar-refractivity contribution in [3.63, 3.8) is 0 Å². The van der Waals surface area contributed by atoms with Gasteiger partial charge in [0.1, 0.15) is 17.1 Å². The maximum atomic E-state index is 11.5. The van der Waals surface area contributed by atoms with E-state index in [4.69, 9.17) is 9.72 Å². The molecule has 5 heteroatoms. The summed E-state index contributed by atoms with van der Waals surface area (Å²) < 4.78 is 7.65. The van der Waals surface area contributed by atoms with Crippen LogP contribution in [0.1, 0.15) is 43.5 Å². The summed E-state index contributed by atoms with van der Waals surface area (Å²) in [5.74, 6) is 2.68. The molecule has 2 aromatic carbocycles. The van der Waals surface area contributed by atoms with Crippen LogP contribution < -0.4 is 4.74 Å². The van der Waals surface area contributed by atoms with E-state index in [1.165, 1.54) is 17.6 Å². The first-order chi connectivity index (χ1) is 16.5. The normalized spacial score (nSPS) is 24.1. The highest BCUT2D eigenvalue weighted by Gasteiger charge is 2.46. The number of allylic oxidation sites excluding steroid dienone is 1. The predicted molar refractivity (Wildman–Crippen MR) is 138 cm³/mol. The third-order valence-corrected chi connectivity index (χ3v) is 8.10. The predicted octanol–water partition coefficient (Wildman–Crippen LogP) is 5.08. The van der Waals surface area contributed by atoms with Crippen molar-refractivity contribution >= 4 is 16.6 Å². The van der Waals surface area contributed by atoms with E-state index in [1.54, 1.807) is 7.11 Å². The molecular weight excluding hydrogens is 422 g/mol. The Balaban J connectivity index is 1.15. The molecule has 0 spiro atoms. The summed E-state index contributed by atoms with van der Waals surface area (Å²) in [6, 6.07) is 16.8. The third-order valence-electron chi connectivity index (χ3n) is 8.10. The Kier molecular flexibility index (Phi) is 6.50. The Morgan fingerprint density at radius 3 is 2.68 bits per heavy atom. The van der Waals surface area contributed by atoms with Gasteiger partial charge in [0, 0.05) is 25.9 Å². The molecule has 3 aliphatic rings. The molecule has 3 atom stereocenters. The second kappa shape index (κ2) is 9.55. The molecule has 5 nitrogen and oxygen atoms in total. The summed E-state index contributed by atoms with van der Waals surface area (Å²) in [6.07, 6.45) is 8.40. The standard InChI is InChI=1S/C29H37N3O2/c1-31(17-8-13-27-30-28-25(32(27)2)11-7-12-26(28)34-3)18-16-29(33)20-22-14-15-23(29)19-24(22)21-9-5-4-6-10-21/h4-7,9-12,19,22-23,33H,8,13-18,20H2,1-3H3/t22-,23?,29?/m0/s1. The molecule has 1 saturated carbocycles. The highest BCUT2D eigenvalue weighted by atomic mass is 16.5. The van der Waals surface area contributed by atoms with Crippen molar-refractivity contribution in [3.05, 3.63) is 66.0 Å². The van der Waals surface area contributed by atoms with Gasteiger partial charge in [-0.25, -0.2) is 4.98 Å². The first-order valence-corrected chi connectivity index (χ1v) is 12.6. The number of aliphatic hydroxyl groups is 1. The van der Waals surface area contributed by atoms with Crippen LogP contribution in [-0.4, -0.2) is 52.4 Å². The summed E-state index contributed by atoms with van der Waals surface area (Å²) in [6.45, 7) is 1.92. The number of fused-ring (bicyclic) bond motifs is 3. The molecule has 1 aromatic heterocycles. The van der Waals surface area contributed by atoms with Crippen molar-refractivity contribution in [3.8, 4) is 5.75 Å². The van der Waals surface area contributed by atoms with Crippen molar-refractivity contribution in [2.24, 2.45) is 18.9 Å². The highest BCUT2D eigenvalue weighted by molar-refractivity contribution is 5.82. The zero-order chi connectivity index (χ0) is 23.7. The maximum Gasteiger partial charge on any atom is 0.146 e. The highest BCUT2D eigenvalue weighted by Crippen LogP contribution is 2.51. The van der Waals surface area contributed by atoms with Crippen LogP contribution >= 0.6 is 0 Å². The maximum absolute atomic E-state index is 11.5. The molecule has 0 radical (unpaired) electrons. The number of hydrogen-bond acceptors (Lipinski definition) is 4. The minimum atomic E-state index is -0.566. The Labute approximate surface area is 203 Å². The second-order valence-corrected chi connectivity index (χ2v) is 10.2. The number of hydrogen-bond donors (Lipinski definition) is 1. The summed E-state index contributed by atoms with van der Waals surface area (Å²) >= 11 is 0. The van der Waals surface area contributed by atoms with Crippen molar-refractivity contribution < 1.29 is 9.84 Å². The lowest BCUT2D eigenvalue weighted by Gasteiger charge is -2.48. The summed E-state index contributed by atoms with van der Waals surface area (Å²) in [7, 11) is 5.95. The Hall–Kier alpha value is -2.63.